The first kappa shape index (κ1) is 45.7. The lowest BCUT2D eigenvalue weighted by Gasteiger charge is -2.33. The summed E-state index contributed by atoms with van der Waals surface area (Å²) >= 11 is 1.81. The minimum Gasteiger partial charge on any atom is -0.309 e. The second kappa shape index (κ2) is 17.3. The number of thiophene rings is 1. The summed E-state index contributed by atoms with van der Waals surface area (Å²) in [5, 5.41) is 11.4. The minimum absolute atomic E-state index is 0.0293. The van der Waals surface area contributed by atoms with Crippen molar-refractivity contribution in [2.24, 2.45) is 5.41 Å². The molecule has 2 aliphatic rings. The van der Waals surface area contributed by atoms with Gasteiger partial charge in [-0.15, -0.1) is 11.3 Å². The van der Waals surface area contributed by atoms with Crippen molar-refractivity contribution in [3.8, 4) is 22.3 Å². The lowest BCUT2D eigenvalue weighted by atomic mass is 9.82. The van der Waals surface area contributed by atoms with E-state index in [1.54, 1.807) is 0 Å². The second-order valence-corrected chi connectivity index (χ2v) is 23.9. The van der Waals surface area contributed by atoms with Crippen LogP contribution in [0.4, 0.5) is 33.4 Å². The second-order valence-electron chi connectivity index (χ2n) is 23.0. The molecule has 0 saturated heterocycles. The van der Waals surface area contributed by atoms with Gasteiger partial charge in [-0.25, -0.2) is 0 Å². The van der Waals surface area contributed by atoms with Crippen molar-refractivity contribution in [2.45, 2.75) is 106 Å². The molecule has 12 rings (SSSR count). The van der Waals surface area contributed by atoms with Gasteiger partial charge < -0.3 is 9.80 Å². The van der Waals surface area contributed by atoms with E-state index in [1.165, 1.54) is 121 Å². The fourth-order valence-electron chi connectivity index (χ4n) is 11.6. The summed E-state index contributed by atoms with van der Waals surface area (Å²) in [5.41, 5.74) is 21.8. The molecule has 2 aliphatic carbocycles. The highest BCUT2D eigenvalue weighted by Gasteiger charge is 2.33. The number of para-hydroxylation sites is 1. The lowest BCUT2D eigenvalue weighted by molar-refractivity contribution is 0.469. The number of hydrogen-bond donors (Lipinski definition) is 0. The number of fused-ring (bicyclic) bond motifs is 6. The Morgan fingerprint density at radius 3 is 1.53 bits per heavy atom. The van der Waals surface area contributed by atoms with Gasteiger partial charge in [0.1, 0.15) is 0 Å². The highest BCUT2D eigenvalue weighted by molar-refractivity contribution is 7.14. The van der Waals surface area contributed by atoms with Crippen molar-refractivity contribution in [3.05, 3.63) is 202 Å². The fourth-order valence-corrected chi connectivity index (χ4v) is 12.3. The van der Waals surface area contributed by atoms with E-state index in [1.807, 2.05) is 11.3 Å². The molecule has 70 heavy (non-hydrogen) atoms. The maximum atomic E-state index is 2.60. The summed E-state index contributed by atoms with van der Waals surface area (Å²) < 4.78 is 0. The summed E-state index contributed by atoms with van der Waals surface area (Å²) in [6, 6.07) is 60.3. The van der Waals surface area contributed by atoms with E-state index in [-0.39, 0.29) is 5.41 Å². The normalized spacial score (nSPS) is 12.9. The Morgan fingerprint density at radius 2 is 0.929 bits per heavy atom. The van der Waals surface area contributed by atoms with Gasteiger partial charge in [0.25, 0.3) is 0 Å². The van der Waals surface area contributed by atoms with Gasteiger partial charge in [-0.3, -0.25) is 0 Å². The lowest BCUT2D eigenvalue weighted by Crippen LogP contribution is -2.16. The first-order valence-corrected chi connectivity index (χ1v) is 26.4. The molecule has 0 aliphatic heterocycles. The van der Waals surface area contributed by atoms with Crippen LogP contribution in [0, 0.1) is 5.41 Å². The molecule has 0 N–H and O–H groups in total. The van der Waals surface area contributed by atoms with Crippen LogP contribution in [0.1, 0.15) is 127 Å². The van der Waals surface area contributed by atoms with Crippen LogP contribution in [-0.4, -0.2) is 0 Å². The average molecular weight is 931 g/mol. The quantitative estimate of drug-likeness (QED) is 0.140. The molecule has 1 aromatic heterocycles. The molecule has 0 bridgehead atoms. The molecule has 0 fully saturated rings. The number of hydrogen-bond acceptors (Lipinski definition) is 3. The van der Waals surface area contributed by atoms with Crippen molar-refractivity contribution in [1.82, 2.24) is 0 Å². The molecule has 2 nitrogen and oxygen atoms in total. The molecule has 0 atom stereocenters. The van der Waals surface area contributed by atoms with Gasteiger partial charge in [0.2, 0.25) is 0 Å². The summed E-state index contributed by atoms with van der Waals surface area (Å²) in [6.07, 6.45) is 1.80. The van der Waals surface area contributed by atoms with Gasteiger partial charge in [-0.2, -0.15) is 0 Å². The summed E-state index contributed by atoms with van der Waals surface area (Å²) in [4.78, 5) is 5.20. The van der Waals surface area contributed by atoms with Crippen LogP contribution in [0.25, 0.3) is 54.6 Å². The molecule has 3 heteroatoms. The monoisotopic (exact) mass is 930 g/mol. The third-order valence-corrected chi connectivity index (χ3v) is 15.3. The fraction of sp³-hybridized carbons (Fsp3) is 0.254. The predicted octanol–water partition coefficient (Wildman–Crippen LogP) is 20.3. The molecule has 10 aromatic rings. The van der Waals surface area contributed by atoms with Crippen LogP contribution in [0.2, 0.25) is 0 Å². The van der Waals surface area contributed by atoms with Crippen LogP contribution in [0.5, 0.6) is 0 Å². The molecule has 0 radical (unpaired) electrons. The SMILES string of the molecule is CC(C)(C)C.CC(C)c1cc(C(C)C)c2ccc3c(N(c4cccs4)c4cccc5c4Cc4ccccc4-5)cc(N(c4ccccc4)c4cccc5c4Cc4c-5cccc4C(C)(C)C)c4ccc1c2c43. The number of anilines is 6. The van der Waals surface area contributed by atoms with Crippen molar-refractivity contribution < 1.29 is 0 Å². The molecule has 0 saturated carbocycles. The molecular formula is C67H66N2S. The molecule has 0 unspecified atom stereocenters. The van der Waals surface area contributed by atoms with Crippen molar-refractivity contribution >= 4 is 77.1 Å². The number of benzene rings is 9. The Hall–Kier alpha value is -6.68. The van der Waals surface area contributed by atoms with Crippen LogP contribution in [0.15, 0.2) is 163 Å². The Labute approximate surface area is 420 Å². The van der Waals surface area contributed by atoms with Crippen LogP contribution < -0.4 is 9.80 Å². The topological polar surface area (TPSA) is 6.48 Å². The number of nitrogens with zero attached hydrogens (tertiary/aromatic N) is 2. The van der Waals surface area contributed by atoms with Gasteiger partial charge >= 0.3 is 0 Å². The van der Waals surface area contributed by atoms with Gasteiger partial charge in [-0.05, 0) is 148 Å². The summed E-state index contributed by atoms with van der Waals surface area (Å²) in [5.74, 6) is 0.749. The van der Waals surface area contributed by atoms with E-state index in [0.29, 0.717) is 17.3 Å². The van der Waals surface area contributed by atoms with Crippen LogP contribution >= 0.6 is 11.3 Å². The van der Waals surface area contributed by atoms with Gasteiger partial charge in [0.15, 0.2) is 0 Å². The van der Waals surface area contributed by atoms with E-state index >= 15 is 0 Å². The zero-order valence-electron chi connectivity index (χ0n) is 43.0. The smallest absolute Gasteiger partial charge is 0.0999 e. The zero-order valence-corrected chi connectivity index (χ0v) is 43.8. The molecule has 1 heterocycles. The number of rotatable bonds is 8. The van der Waals surface area contributed by atoms with Crippen LogP contribution in [-0.2, 0) is 18.3 Å². The van der Waals surface area contributed by atoms with Gasteiger partial charge in [0, 0.05) is 34.7 Å². The largest absolute Gasteiger partial charge is 0.309 e. The molecule has 350 valence electrons. The summed E-state index contributed by atoms with van der Waals surface area (Å²) in [6.45, 7) is 25.2. The third-order valence-electron chi connectivity index (χ3n) is 14.5. The highest BCUT2D eigenvalue weighted by Crippen LogP contribution is 2.55. The average Bonchev–Trinajstić information content (AvgIpc) is 4.09. The standard InChI is InChI=1S/C62H54N2S.C5H12/c1-37(2)49-34-50(38(3)4)46-29-31-48-58(64(59-27-16-32-65-59)56-26-14-22-42-41-20-12-11-17-39(41)33-52(42)56)36-57(47-30-28-45(49)60(46)61(47)48)63(40-18-9-8-10-19-40)55-25-15-23-44-43-21-13-24-54(62(5,6)7)51(43)35-53(44)55;1-5(2,3)4/h8-32,34,36-38H,33,35H2,1-7H3;1-4H3. The minimum atomic E-state index is 0.0293. The maximum Gasteiger partial charge on any atom is 0.0999 e. The predicted molar refractivity (Wildman–Crippen MR) is 306 cm³/mol. The summed E-state index contributed by atoms with van der Waals surface area (Å²) in [7, 11) is 0. The van der Waals surface area contributed by atoms with Crippen molar-refractivity contribution in [1.29, 1.82) is 0 Å². The van der Waals surface area contributed by atoms with Crippen LogP contribution in [0.3, 0.4) is 0 Å². The Morgan fingerprint density at radius 1 is 0.429 bits per heavy atom. The Kier molecular flexibility index (Phi) is 11.3. The van der Waals surface area contributed by atoms with Gasteiger partial charge in [0.05, 0.1) is 27.8 Å². The van der Waals surface area contributed by atoms with E-state index < -0.39 is 0 Å². The van der Waals surface area contributed by atoms with E-state index in [9.17, 15) is 0 Å². The van der Waals surface area contributed by atoms with E-state index in [0.717, 1.165) is 18.5 Å². The maximum absolute atomic E-state index is 2.60. The third kappa shape index (κ3) is 7.78. The first-order valence-electron chi connectivity index (χ1n) is 25.5. The van der Waals surface area contributed by atoms with E-state index in [2.05, 4.69) is 249 Å². The molecule has 0 amide bonds. The Bertz CT molecular complexity index is 3550. The first-order chi connectivity index (χ1) is 33.6. The molecular weight excluding hydrogens is 865 g/mol. The Balaban J connectivity index is 0.00000102. The van der Waals surface area contributed by atoms with Crippen molar-refractivity contribution in [2.75, 3.05) is 9.80 Å². The zero-order chi connectivity index (χ0) is 48.8. The van der Waals surface area contributed by atoms with Crippen molar-refractivity contribution in [3.63, 3.8) is 0 Å². The van der Waals surface area contributed by atoms with E-state index in [4.69, 9.17) is 0 Å². The molecule has 0 spiro atoms. The highest BCUT2D eigenvalue weighted by atomic mass is 32.1. The molecule has 9 aromatic carbocycles. The van der Waals surface area contributed by atoms with Gasteiger partial charge in [-0.1, -0.05) is 191 Å².